The Kier molecular flexibility index (Phi) is 6.56. The average Bonchev–Trinajstić information content (AvgIpc) is 2.58. The average molecular weight is 417 g/mol. The molecular formula is C19H22F3NO6. The molecule has 0 aromatic heterocycles. The van der Waals surface area contributed by atoms with Crippen LogP contribution in [0.25, 0.3) is 0 Å². The highest BCUT2D eigenvalue weighted by Gasteiger charge is 2.44. The van der Waals surface area contributed by atoms with Crippen LogP contribution in [0, 0.1) is 0 Å². The molecule has 2 rings (SSSR count). The fraction of sp³-hybridized carbons (Fsp3) is 0.526. The van der Waals surface area contributed by atoms with Crippen LogP contribution in [0.3, 0.4) is 0 Å². The number of hydrogen-bond acceptors (Lipinski definition) is 6. The molecule has 0 aliphatic carbocycles. The van der Waals surface area contributed by atoms with E-state index < -0.39 is 47.4 Å². The van der Waals surface area contributed by atoms with Crippen molar-refractivity contribution in [3.8, 4) is 0 Å². The van der Waals surface area contributed by atoms with Crippen molar-refractivity contribution < 1.29 is 41.8 Å². The number of ether oxygens (including phenoxy) is 3. The maximum atomic E-state index is 12.9. The fourth-order valence-corrected chi connectivity index (χ4v) is 2.68. The highest BCUT2D eigenvalue weighted by molar-refractivity contribution is 6.00. The minimum Gasteiger partial charge on any atom is -0.457 e. The van der Waals surface area contributed by atoms with Gasteiger partial charge in [0.1, 0.15) is 5.60 Å². The van der Waals surface area contributed by atoms with E-state index in [9.17, 15) is 27.6 Å². The molecule has 0 saturated carbocycles. The summed E-state index contributed by atoms with van der Waals surface area (Å²) < 4.78 is 53.8. The predicted molar refractivity (Wildman–Crippen MR) is 94.9 cm³/mol. The van der Waals surface area contributed by atoms with Crippen molar-refractivity contribution in [2.24, 2.45) is 0 Å². The first-order chi connectivity index (χ1) is 13.3. The third-order valence-corrected chi connectivity index (χ3v) is 3.84. The van der Waals surface area contributed by atoms with E-state index in [2.05, 4.69) is 0 Å². The summed E-state index contributed by atoms with van der Waals surface area (Å²) in [5.74, 6) is -2.50. The summed E-state index contributed by atoms with van der Waals surface area (Å²) in [4.78, 5) is 38.0. The van der Waals surface area contributed by atoms with Gasteiger partial charge in [0.15, 0.2) is 6.10 Å². The van der Waals surface area contributed by atoms with Crippen molar-refractivity contribution >= 4 is 23.5 Å². The first-order valence-corrected chi connectivity index (χ1v) is 8.80. The van der Waals surface area contributed by atoms with Gasteiger partial charge < -0.3 is 19.1 Å². The maximum Gasteiger partial charge on any atom is 0.416 e. The number of rotatable bonds is 4. The van der Waals surface area contributed by atoms with E-state index in [4.69, 9.17) is 14.2 Å². The van der Waals surface area contributed by atoms with E-state index in [1.54, 1.807) is 20.8 Å². The smallest absolute Gasteiger partial charge is 0.416 e. The zero-order chi connectivity index (χ0) is 22.0. The maximum absolute atomic E-state index is 12.9. The molecule has 1 aliphatic rings. The molecule has 1 aliphatic heterocycles. The lowest BCUT2D eigenvalue weighted by Gasteiger charge is -2.35. The number of nitrogens with zero attached hydrogens (tertiary/aromatic N) is 1. The highest BCUT2D eigenvalue weighted by Crippen LogP contribution is 2.31. The summed E-state index contributed by atoms with van der Waals surface area (Å²) >= 11 is 0. The molecular weight excluding hydrogens is 395 g/mol. The second-order valence-corrected chi connectivity index (χ2v) is 7.39. The topological polar surface area (TPSA) is 82.1 Å². The Morgan fingerprint density at radius 3 is 2.24 bits per heavy atom. The molecule has 1 fully saturated rings. The highest BCUT2D eigenvalue weighted by atomic mass is 19.4. The molecule has 29 heavy (non-hydrogen) atoms. The molecule has 1 aromatic carbocycles. The molecule has 7 nitrogen and oxygen atoms in total. The van der Waals surface area contributed by atoms with Crippen LogP contribution in [0.2, 0.25) is 0 Å². The summed E-state index contributed by atoms with van der Waals surface area (Å²) in [6.07, 6.45) is -7.63. The van der Waals surface area contributed by atoms with Gasteiger partial charge in [-0.3, -0.25) is 9.59 Å². The van der Waals surface area contributed by atoms with Gasteiger partial charge in [-0.15, -0.1) is 0 Å². The van der Waals surface area contributed by atoms with Gasteiger partial charge >= 0.3 is 18.1 Å². The Balaban J connectivity index is 2.27. The van der Waals surface area contributed by atoms with E-state index in [0.717, 1.165) is 31.2 Å². The van der Waals surface area contributed by atoms with Crippen LogP contribution in [-0.2, 0) is 34.8 Å². The van der Waals surface area contributed by atoms with Crippen LogP contribution in [0.1, 0.15) is 33.3 Å². The van der Waals surface area contributed by atoms with Gasteiger partial charge in [-0.1, -0.05) is 0 Å². The van der Waals surface area contributed by atoms with E-state index in [1.807, 2.05) is 0 Å². The molecule has 0 radical (unpaired) electrons. The Morgan fingerprint density at radius 1 is 1.17 bits per heavy atom. The Bertz CT molecular complexity index is 770. The first kappa shape index (κ1) is 22.7. The van der Waals surface area contributed by atoms with Crippen LogP contribution >= 0.6 is 0 Å². The van der Waals surface area contributed by atoms with Crippen LogP contribution in [-0.4, -0.2) is 48.8 Å². The Labute approximate surface area is 165 Å². The number of amides is 1. The van der Waals surface area contributed by atoms with Gasteiger partial charge in [-0.25, -0.2) is 4.79 Å². The molecule has 0 spiro atoms. The summed E-state index contributed by atoms with van der Waals surface area (Å²) in [7, 11) is 0. The minimum atomic E-state index is -4.51. The number of hydrogen-bond donors (Lipinski definition) is 0. The summed E-state index contributed by atoms with van der Waals surface area (Å²) in [6.45, 7) is 5.92. The number of halogens is 3. The van der Waals surface area contributed by atoms with Gasteiger partial charge in [0, 0.05) is 19.2 Å². The number of benzene rings is 1. The molecule has 2 unspecified atom stereocenters. The largest absolute Gasteiger partial charge is 0.457 e. The molecule has 1 amide bonds. The molecule has 1 aromatic rings. The standard InChI is InChI=1S/C19H22F3NO6/c1-11(24)28-15(17(26)29-18(2,3)4)14-16(25)23(9-10-27-14)13-7-5-12(6-8-13)19(20,21)22/h5-8,14-15H,9-10H2,1-4H3. The Hall–Kier alpha value is -2.62. The molecule has 2 atom stereocenters. The van der Waals surface area contributed by atoms with Crippen molar-refractivity contribution in [2.45, 2.75) is 51.7 Å². The molecule has 0 N–H and O–H groups in total. The van der Waals surface area contributed by atoms with Crippen LogP contribution < -0.4 is 4.90 Å². The summed E-state index contributed by atoms with van der Waals surface area (Å²) in [5.41, 5.74) is -1.56. The first-order valence-electron chi connectivity index (χ1n) is 8.80. The van der Waals surface area contributed by atoms with Crippen molar-refractivity contribution in [1.29, 1.82) is 0 Å². The van der Waals surface area contributed by atoms with Crippen LogP contribution in [0.5, 0.6) is 0 Å². The molecule has 160 valence electrons. The van der Waals surface area contributed by atoms with Gasteiger partial charge in [0.05, 0.1) is 12.2 Å². The van der Waals surface area contributed by atoms with E-state index >= 15 is 0 Å². The SMILES string of the molecule is CC(=O)OC(C(=O)OC(C)(C)C)C1OCCN(c2ccc(C(F)(F)F)cc2)C1=O. The van der Waals surface area contributed by atoms with Crippen LogP contribution in [0.15, 0.2) is 24.3 Å². The van der Waals surface area contributed by atoms with E-state index in [-0.39, 0.29) is 18.8 Å². The zero-order valence-electron chi connectivity index (χ0n) is 16.4. The Morgan fingerprint density at radius 2 is 1.76 bits per heavy atom. The normalized spacial score (nSPS) is 18.9. The lowest BCUT2D eigenvalue weighted by Crippen LogP contribution is -2.56. The van der Waals surface area contributed by atoms with Gasteiger partial charge in [-0.2, -0.15) is 13.2 Å². The fourth-order valence-electron chi connectivity index (χ4n) is 2.68. The number of esters is 2. The molecule has 1 saturated heterocycles. The van der Waals surface area contributed by atoms with E-state index in [1.165, 1.54) is 4.90 Å². The third-order valence-electron chi connectivity index (χ3n) is 3.84. The summed E-state index contributed by atoms with van der Waals surface area (Å²) in [5, 5.41) is 0. The number of alkyl halides is 3. The quantitative estimate of drug-likeness (QED) is 0.701. The van der Waals surface area contributed by atoms with Gasteiger partial charge in [0.2, 0.25) is 6.10 Å². The lowest BCUT2D eigenvalue weighted by atomic mass is 10.1. The van der Waals surface area contributed by atoms with Crippen molar-refractivity contribution in [3.05, 3.63) is 29.8 Å². The number of carbonyl (C=O) groups excluding carboxylic acids is 3. The number of carbonyl (C=O) groups is 3. The zero-order valence-corrected chi connectivity index (χ0v) is 16.4. The molecule has 0 bridgehead atoms. The molecule has 10 heteroatoms. The molecule has 1 heterocycles. The van der Waals surface area contributed by atoms with Gasteiger partial charge in [-0.05, 0) is 45.0 Å². The van der Waals surface area contributed by atoms with E-state index in [0.29, 0.717) is 0 Å². The minimum absolute atomic E-state index is 0.0159. The lowest BCUT2D eigenvalue weighted by molar-refractivity contribution is -0.188. The summed E-state index contributed by atoms with van der Waals surface area (Å²) in [6, 6.07) is 4.00. The van der Waals surface area contributed by atoms with Crippen LogP contribution in [0.4, 0.5) is 18.9 Å². The van der Waals surface area contributed by atoms with Crippen molar-refractivity contribution in [1.82, 2.24) is 0 Å². The second kappa shape index (κ2) is 8.40. The number of morpholine rings is 1. The monoisotopic (exact) mass is 417 g/mol. The predicted octanol–water partition coefficient (Wildman–Crippen LogP) is 2.71. The van der Waals surface area contributed by atoms with Crippen molar-refractivity contribution in [3.63, 3.8) is 0 Å². The van der Waals surface area contributed by atoms with Gasteiger partial charge in [0.25, 0.3) is 5.91 Å². The number of anilines is 1. The third kappa shape index (κ3) is 5.93. The second-order valence-electron chi connectivity index (χ2n) is 7.39. The van der Waals surface area contributed by atoms with Crippen molar-refractivity contribution in [2.75, 3.05) is 18.1 Å².